The van der Waals surface area contributed by atoms with Crippen LogP contribution in [0.4, 0.5) is 0 Å². The molecule has 0 bridgehead atoms. The van der Waals surface area contributed by atoms with Gasteiger partial charge in [-0.2, -0.15) is 0 Å². The maximum atomic E-state index is 4.50. The molecule has 0 aromatic carbocycles. The average Bonchev–Trinajstić information content (AvgIpc) is 2.76. The number of thiophene rings is 1. The Hall–Kier alpha value is -1.19. The van der Waals surface area contributed by atoms with Gasteiger partial charge in [0, 0.05) is 33.6 Å². The van der Waals surface area contributed by atoms with E-state index < -0.39 is 0 Å². The average molecular weight is 274 g/mol. The van der Waals surface area contributed by atoms with Crippen LogP contribution in [0.3, 0.4) is 0 Å². The Morgan fingerprint density at radius 3 is 2.63 bits per heavy atom. The third kappa shape index (κ3) is 3.23. The first-order chi connectivity index (χ1) is 9.13. The highest BCUT2D eigenvalue weighted by atomic mass is 32.1. The van der Waals surface area contributed by atoms with Crippen molar-refractivity contribution in [2.75, 3.05) is 6.54 Å². The van der Waals surface area contributed by atoms with Gasteiger partial charge in [-0.25, -0.2) is 0 Å². The van der Waals surface area contributed by atoms with E-state index in [-0.39, 0.29) is 0 Å². The van der Waals surface area contributed by atoms with Gasteiger partial charge in [-0.15, -0.1) is 11.3 Å². The Morgan fingerprint density at radius 2 is 2.11 bits per heavy atom. The SMILES string of the molecule is CCNC(c1cc(C)c(C)s1)C(C)c1ccccn1. The molecule has 0 aliphatic heterocycles. The summed E-state index contributed by atoms with van der Waals surface area (Å²) >= 11 is 1.90. The Labute approximate surface area is 119 Å². The van der Waals surface area contributed by atoms with Crippen LogP contribution in [0.5, 0.6) is 0 Å². The van der Waals surface area contributed by atoms with Crippen LogP contribution in [0.15, 0.2) is 30.5 Å². The van der Waals surface area contributed by atoms with Gasteiger partial charge < -0.3 is 5.32 Å². The van der Waals surface area contributed by atoms with Gasteiger partial charge in [0.25, 0.3) is 0 Å². The standard InChI is InChI=1S/C16H22N2S/c1-5-17-16(15-10-11(2)13(4)19-15)12(3)14-8-6-7-9-18-14/h6-10,12,16-17H,5H2,1-4H3. The highest BCUT2D eigenvalue weighted by Gasteiger charge is 2.22. The number of rotatable bonds is 5. The van der Waals surface area contributed by atoms with Crippen LogP contribution in [0, 0.1) is 13.8 Å². The number of aryl methyl sites for hydroxylation is 2. The van der Waals surface area contributed by atoms with E-state index in [0.717, 1.165) is 12.2 Å². The number of nitrogens with zero attached hydrogens (tertiary/aromatic N) is 1. The van der Waals surface area contributed by atoms with Crippen molar-refractivity contribution in [2.24, 2.45) is 0 Å². The van der Waals surface area contributed by atoms with Crippen molar-refractivity contribution in [1.29, 1.82) is 0 Å². The molecule has 102 valence electrons. The van der Waals surface area contributed by atoms with Gasteiger partial charge in [-0.3, -0.25) is 4.98 Å². The van der Waals surface area contributed by atoms with Crippen molar-refractivity contribution >= 4 is 11.3 Å². The molecule has 0 amide bonds. The Morgan fingerprint density at radius 1 is 1.32 bits per heavy atom. The number of likely N-dealkylation sites (N-methyl/N-ethyl adjacent to an activating group) is 1. The lowest BCUT2D eigenvalue weighted by molar-refractivity contribution is 0.479. The summed E-state index contributed by atoms with van der Waals surface area (Å²) in [7, 11) is 0. The summed E-state index contributed by atoms with van der Waals surface area (Å²) in [6.45, 7) is 9.76. The minimum absolute atomic E-state index is 0.345. The zero-order chi connectivity index (χ0) is 13.8. The molecular formula is C16H22N2S. The highest BCUT2D eigenvalue weighted by Crippen LogP contribution is 2.34. The largest absolute Gasteiger partial charge is 0.309 e. The molecule has 0 aliphatic carbocycles. The molecule has 2 aromatic rings. The first-order valence-electron chi connectivity index (χ1n) is 6.84. The van der Waals surface area contributed by atoms with Gasteiger partial charge in [-0.1, -0.05) is 19.9 Å². The summed E-state index contributed by atoms with van der Waals surface area (Å²) in [5.41, 5.74) is 2.54. The summed E-state index contributed by atoms with van der Waals surface area (Å²) in [4.78, 5) is 7.32. The fourth-order valence-corrected chi connectivity index (χ4v) is 3.54. The Kier molecular flexibility index (Phi) is 4.72. The summed E-state index contributed by atoms with van der Waals surface area (Å²) in [6.07, 6.45) is 1.87. The number of hydrogen-bond acceptors (Lipinski definition) is 3. The van der Waals surface area contributed by atoms with E-state index in [1.807, 2.05) is 23.6 Å². The van der Waals surface area contributed by atoms with E-state index in [1.54, 1.807) is 0 Å². The zero-order valence-corrected chi connectivity index (χ0v) is 12.9. The van der Waals surface area contributed by atoms with Crippen molar-refractivity contribution in [3.63, 3.8) is 0 Å². The Bertz CT molecular complexity index is 499. The van der Waals surface area contributed by atoms with E-state index in [2.05, 4.69) is 56.2 Å². The van der Waals surface area contributed by atoms with Crippen molar-refractivity contribution in [2.45, 2.75) is 39.7 Å². The molecule has 3 heteroatoms. The first-order valence-corrected chi connectivity index (χ1v) is 7.66. The zero-order valence-electron chi connectivity index (χ0n) is 12.1. The smallest absolute Gasteiger partial charge is 0.0497 e. The third-order valence-electron chi connectivity index (χ3n) is 3.57. The molecule has 2 heterocycles. The third-order valence-corrected chi connectivity index (χ3v) is 4.81. The summed E-state index contributed by atoms with van der Waals surface area (Å²) in [5.74, 6) is 0.374. The van der Waals surface area contributed by atoms with Crippen LogP contribution >= 0.6 is 11.3 Å². The van der Waals surface area contributed by atoms with Crippen LogP contribution < -0.4 is 5.32 Å². The lowest BCUT2D eigenvalue weighted by Crippen LogP contribution is -2.25. The number of pyridine rings is 1. The normalized spacial score (nSPS) is 14.3. The van der Waals surface area contributed by atoms with Crippen molar-refractivity contribution in [3.8, 4) is 0 Å². The van der Waals surface area contributed by atoms with E-state index in [1.165, 1.54) is 15.3 Å². The molecule has 19 heavy (non-hydrogen) atoms. The van der Waals surface area contributed by atoms with Gasteiger partial charge in [0.05, 0.1) is 0 Å². The minimum atomic E-state index is 0.345. The summed E-state index contributed by atoms with van der Waals surface area (Å²) < 4.78 is 0. The molecule has 2 aromatic heterocycles. The highest BCUT2D eigenvalue weighted by molar-refractivity contribution is 7.12. The van der Waals surface area contributed by atoms with Gasteiger partial charge >= 0.3 is 0 Å². The molecule has 0 spiro atoms. The van der Waals surface area contributed by atoms with Gasteiger partial charge in [0.2, 0.25) is 0 Å². The predicted molar refractivity (Wildman–Crippen MR) is 82.9 cm³/mol. The lowest BCUT2D eigenvalue weighted by Gasteiger charge is -2.23. The maximum Gasteiger partial charge on any atom is 0.0497 e. The molecule has 2 unspecified atom stereocenters. The van der Waals surface area contributed by atoms with E-state index >= 15 is 0 Å². The maximum absolute atomic E-state index is 4.50. The van der Waals surface area contributed by atoms with Crippen LogP contribution in [0.25, 0.3) is 0 Å². The second-order valence-electron chi connectivity index (χ2n) is 4.97. The molecule has 2 atom stereocenters. The van der Waals surface area contributed by atoms with Gasteiger partial charge in [-0.05, 0) is 44.2 Å². The quantitative estimate of drug-likeness (QED) is 0.883. The number of nitrogens with one attached hydrogen (secondary N) is 1. The molecular weight excluding hydrogens is 252 g/mol. The first kappa shape index (κ1) is 14.2. The van der Waals surface area contributed by atoms with Crippen LogP contribution in [0.1, 0.15) is 46.8 Å². The van der Waals surface area contributed by atoms with Crippen molar-refractivity contribution in [1.82, 2.24) is 10.3 Å². The van der Waals surface area contributed by atoms with E-state index in [0.29, 0.717) is 12.0 Å². The van der Waals surface area contributed by atoms with Crippen LogP contribution in [-0.2, 0) is 0 Å². The topological polar surface area (TPSA) is 24.9 Å². The Balaban J connectivity index is 2.29. The van der Waals surface area contributed by atoms with Gasteiger partial charge in [0.15, 0.2) is 0 Å². The monoisotopic (exact) mass is 274 g/mol. The van der Waals surface area contributed by atoms with E-state index in [4.69, 9.17) is 0 Å². The summed E-state index contributed by atoms with van der Waals surface area (Å²) in [6, 6.07) is 8.80. The van der Waals surface area contributed by atoms with Gasteiger partial charge in [0.1, 0.15) is 0 Å². The molecule has 0 fully saturated rings. The number of aromatic nitrogens is 1. The van der Waals surface area contributed by atoms with Crippen molar-refractivity contribution in [3.05, 3.63) is 51.5 Å². The second kappa shape index (κ2) is 6.31. The fourth-order valence-electron chi connectivity index (χ4n) is 2.31. The predicted octanol–water partition coefficient (Wildman–Crippen LogP) is 4.21. The molecule has 1 N–H and O–H groups in total. The molecule has 0 aliphatic rings. The molecule has 0 saturated heterocycles. The van der Waals surface area contributed by atoms with Crippen LogP contribution in [-0.4, -0.2) is 11.5 Å². The van der Waals surface area contributed by atoms with Crippen LogP contribution in [0.2, 0.25) is 0 Å². The van der Waals surface area contributed by atoms with E-state index in [9.17, 15) is 0 Å². The second-order valence-corrected chi connectivity index (χ2v) is 6.25. The number of hydrogen-bond donors (Lipinski definition) is 1. The molecule has 2 rings (SSSR count). The molecule has 2 nitrogen and oxygen atoms in total. The lowest BCUT2D eigenvalue weighted by atomic mass is 9.96. The molecule has 0 saturated carbocycles. The van der Waals surface area contributed by atoms with Crippen molar-refractivity contribution < 1.29 is 0 Å². The minimum Gasteiger partial charge on any atom is -0.309 e. The fraction of sp³-hybridized carbons (Fsp3) is 0.438. The molecule has 0 radical (unpaired) electrons. The summed E-state index contributed by atoms with van der Waals surface area (Å²) in [5, 5.41) is 3.61.